The Balaban J connectivity index is 1.88. The van der Waals surface area contributed by atoms with E-state index in [1.165, 1.54) is 18.6 Å². The molecule has 10 heteroatoms. The van der Waals surface area contributed by atoms with Gasteiger partial charge in [0.1, 0.15) is 12.2 Å². The molecule has 1 aromatic carbocycles. The Bertz CT molecular complexity index is 1020. The van der Waals surface area contributed by atoms with Crippen molar-refractivity contribution in [1.82, 2.24) is 9.97 Å². The molecule has 170 valence electrons. The highest BCUT2D eigenvalue weighted by molar-refractivity contribution is 6.13. The van der Waals surface area contributed by atoms with E-state index in [9.17, 15) is 14.4 Å². The molecule has 2 heterocycles. The molecule has 1 aromatic heterocycles. The number of benzene rings is 1. The van der Waals surface area contributed by atoms with Gasteiger partial charge in [0.25, 0.3) is 11.8 Å². The third kappa shape index (κ3) is 4.92. The van der Waals surface area contributed by atoms with Crippen LogP contribution in [0, 0.1) is 6.92 Å². The summed E-state index contributed by atoms with van der Waals surface area (Å²) in [4.78, 5) is 47.9. The molecule has 0 aliphatic carbocycles. The molecule has 3 rings (SSSR count). The Labute approximate surface area is 186 Å². The molecule has 2 amide bonds. The van der Waals surface area contributed by atoms with E-state index in [0.717, 1.165) is 11.3 Å². The second-order valence-corrected chi connectivity index (χ2v) is 8.45. The molecule has 10 nitrogen and oxygen atoms in total. The minimum Gasteiger partial charge on any atom is -0.458 e. The zero-order valence-corrected chi connectivity index (χ0v) is 18.5. The zero-order valence-electron chi connectivity index (χ0n) is 18.5. The van der Waals surface area contributed by atoms with E-state index in [0.29, 0.717) is 18.8 Å². The van der Waals surface area contributed by atoms with Gasteiger partial charge in [-0.1, -0.05) is 0 Å². The van der Waals surface area contributed by atoms with Crippen molar-refractivity contribution in [2.45, 2.75) is 38.8 Å². The maximum Gasteiger partial charge on any atom is 0.342 e. The predicted molar refractivity (Wildman–Crippen MR) is 117 cm³/mol. The van der Waals surface area contributed by atoms with Crippen molar-refractivity contribution in [2.24, 2.45) is 5.73 Å². The van der Waals surface area contributed by atoms with E-state index in [2.05, 4.69) is 15.3 Å². The van der Waals surface area contributed by atoms with Gasteiger partial charge < -0.3 is 25.4 Å². The van der Waals surface area contributed by atoms with Gasteiger partial charge in [-0.3, -0.25) is 19.6 Å². The van der Waals surface area contributed by atoms with Crippen molar-refractivity contribution >= 4 is 29.2 Å². The number of nitrogens with zero attached hydrogens (tertiary/aromatic N) is 3. The number of rotatable bonds is 5. The fraction of sp³-hybridized carbons (Fsp3) is 0.409. The zero-order chi connectivity index (χ0) is 23.5. The van der Waals surface area contributed by atoms with E-state index in [1.54, 1.807) is 43.9 Å². The molecule has 3 N–H and O–H groups in total. The highest BCUT2D eigenvalue weighted by atomic mass is 16.6. The van der Waals surface area contributed by atoms with Gasteiger partial charge in [-0.05, 0) is 51.5 Å². The van der Waals surface area contributed by atoms with Crippen LogP contribution < -0.4 is 16.0 Å². The highest BCUT2D eigenvalue weighted by Crippen LogP contribution is 2.27. The third-order valence-corrected chi connectivity index (χ3v) is 4.78. The number of ether oxygens (including phenoxy) is 2. The van der Waals surface area contributed by atoms with Crippen LogP contribution in [-0.2, 0) is 29.4 Å². The van der Waals surface area contributed by atoms with Crippen molar-refractivity contribution < 1.29 is 23.9 Å². The predicted octanol–water partition coefficient (Wildman–Crippen LogP) is 1.28. The molecule has 1 aliphatic heterocycles. The summed E-state index contributed by atoms with van der Waals surface area (Å²) in [6.07, 6.45) is 4.00. The van der Waals surface area contributed by atoms with Gasteiger partial charge in [0.15, 0.2) is 0 Å². The Morgan fingerprint density at radius 1 is 1.25 bits per heavy atom. The number of amides is 2. The van der Waals surface area contributed by atoms with Crippen molar-refractivity contribution in [3.05, 3.63) is 48.0 Å². The van der Waals surface area contributed by atoms with E-state index in [1.807, 2.05) is 6.92 Å². The summed E-state index contributed by atoms with van der Waals surface area (Å²) >= 11 is 0. The molecule has 0 saturated carbocycles. The minimum atomic E-state index is -2.21. The van der Waals surface area contributed by atoms with Crippen LogP contribution in [0.2, 0.25) is 0 Å². The van der Waals surface area contributed by atoms with Gasteiger partial charge in [0.05, 0.1) is 18.5 Å². The number of hydrogen-bond donors (Lipinski definition) is 2. The Kier molecular flexibility index (Phi) is 6.56. The van der Waals surface area contributed by atoms with Crippen LogP contribution in [0.15, 0.2) is 36.8 Å². The van der Waals surface area contributed by atoms with Crippen molar-refractivity contribution in [3.8, 4) is 0 Å². The van der Waals surface area contributed by atoms with Crippen LogP contribution in [0.4, 0.5) is 11.4 Å². The second kappa shape index (κ2) is 9.01. The molecule has 1 atom stereocenters. The van der Waals surface area contributed by atoms with Gasteiger partial charge in [0.2, 0.25) is 5.54 Å². The topological polar surface area (TPSA) is 137 Å². The van der Waals surface area contributed by atoms with Crippen LogP contribution in [0.5, 0.6) is 0 Å². The number of anilines is 2. The summed E-state index contributed by atoms with van der Waals surface area (Å²) < 4.78 is 10.6. The largest absolute Gasteiger partial charge is 0.458 e. The number of morpholine rings is 1. The molecule has 32 heavy (non-hydrogen) atoms. The molecular weight excluding hydrogens is 414 g/mol. The first kappa shape index (κ1) is 23.3. The number of nitrogens with two attached hydrogens (primary N) is 1. The van der Waals surface area contributed by atoms with Crippen LogP contribution in [-0.4, -0.2) is 53.1 Å². The number of hydrogen-bond acceptors (Lipinski definition) is 8. The van der Waals surface area contributed by atoms with Crippen LogP contribution >= 0.6 is 0 Å². The molecule has 0 bridgehead atoms. The molecule has 0 radical (unpaired) electrons. The van der Waals surface area contributed by atoms with Crippen LogP contribution in [0.1, 0.15) is 32.0 Å². The van der Waals surface area contributed by atoms with Gasteiger partial charge in [0, 0.05) is 30.3 Å². The first-order chi connectivity index (χ1) is 15.0. The molecule has 1 aliphatic rings. The van der Waals surface area contributed by atoms with Gasteiger partial charge in [-0.25, -0.2) is 4.79 Å². The smallest absolute Gasteiger partial charge is 0.342 e. The average molecular weight is 441 g/mol. The SMILES string of the molecule is Cc1cc(NC(=O)C(N)(C(=O)OC(C)(C)C)c2cnccn2)ccc1N1CCOCC1=O. The first-order valence-corrected chi connectivity index (χ1v) is 10.1. The monoisotopic (exact) mass is 441 g/mol. The lowest BCUT2D eigenvalue weighted by atomic mass is 9.94. The maximum absolute atomic E-state index is 13.2. The average Bonchev–Trinajstić information content (AvgIpc) is 2.73. The Hall–Kier alpha value is -3.37. The maximum atomic E-state index is 13.2. The van der Waals surface area contributed by atoms with Crippen molar-refractivity contribution in [2.75, 3.05) is 30.0 Å². The lowest BCUT2D eigenvalue weighted by molar-refractivity contribution is -0.164. The number of carbonyl (C=O) groups excluding carboxylic acids is 3. The number of carbonyl (C=O) groups is 3. The van der Waals surface area contributed by atoms with E-state index in [4.69, 9.17) is 15.2 Å². The summed E-state index contributed by atoms with van der Waals surface area (Å²) in [5.74, 6) is -1.90. The lowest BCUT2D eigenvalue weighted by Crippen LogP contribution is -2.57. The fourth-order valence-electron chi connectivity index (χ4n) is 3.21. The summed E-state index contributed by atoms with van der Waals surface area (Å²) in [5, 5.41) is 2.67. The summed E-state index contributed by atoms with van der Waals surface area (Å²) in [5.41, 5.74) is 5.07. The number of aromatic nitrogens is 2. The molecule has 0 spiro atoms. The van der Waals surface area contributed by atoms with Crippen molar-refractivity contribution in [3.63, 3.8) is 0 Å². The molecule has 2 aromatic rings. The molecule has 1 fully saturated rings. The van der Waals surface area contributed by atoms with Crippen LogP contribution in [0.25, 0.3) is 0 Å². The van der Waals surface area contributed by atoms with Crippen molar-refractivity contribution in [1.29, 1.82) is 0 Å². The summed E-state index contributed by atoms with van der Waals surface area (Å²) in [6, 6.07) is 5.06. The Morgan fingerprint density at radius 2 is 2.00 bits per heavy atom. The highest BCUT2D eigenvalue weighted by Gasteiger charge is 2.48. The normalized spacial score (nSPS) is 16.3. The van der Waals surface area contributed by atoms with E-state index in [-0.39, 0.29) is 18.2 Å². The Morgan fingerprint density at radius 3 is 2.59 bits per heavy atom. The summed E-state index contributed by atoms with van der Waals surface area (Å²) in [6.45, 7) is 7.77. The quantitative estimate of drug-likeness (QED) is 0.523. The first-order valence-electron chi connectivity index (χ1n) is 10.1. The van der Waals surface area contributed by atoms with E-state index < -0.39 is 23.0 Å². The number of esters is 1. The third-order valence-electron chi connectivity index (χ3n) is 4.78. The molecular formula is C22H27N5O5. The minimum absolute atomic E-state index is 0.0294. The number of aryl methyl sites for hydroxylation is 1. The van der Waals surface area contributed by atoms with Gasteiger partial charge in [-0.2, -0.15) is 0 Å². The summed E-state index contributed by atoms with van der Waals surface area (Å²) in [7, 11) is 0. The number of nitrogens with one attached hydrogen (secondary N) is 1. The van der Waals surface area contributed by atoms with Gasteiger partial charge in [-0.15, -0.1) is 0 Å². The standard InChI is InChI=1S/C22H27N5O5/c1-14-11-15(5-6-16(14)27-9-10-31-13-18(27)28)26-19(29)22(23,17-12-24-7-8-25-17)20(30)32-21(2,3)4/h5-8,11-12H,9-10,13,23H2,1-4H3,(H,26,29). The molecule has 1 unspecified atom stereocenters. The van der Waals surface area contributed by atoms with E-state index >= 15 is 0 Å². The van der Waals surface area contributed by atoms with Gasteiger partial charge >= 0.3 is 5.97 Å². The lowest BCUT2D eigenvalue weighted by Gasteiger charge is -2.30. The second-order valence-electron chi connectivity index (χ2n) is 8.45. The fourth-order valence-corrected chi connectivity index (χ4v) is 3.21. The van der Waals surface area contributed by atoms with Crippen LogP contribution in [0.3, 0.4) is 0 Å². The molecule has 1 saturated heterocycles.